The molecule has 0 aromatic carbocycles. The van der Waals surface area contributed by atoms with Gasteiger partial charge in [-0.2, -0.15) is 0 Å². The van der Waals surface area contributed by atoms with Crippen molar-refractivity contribution in [1.82, 2.24) is 0 Å². The molecule has 0 aromatic heterocycles. The molecule has 0 amide bonds. The fourth-order valence-corrected chi connectivity index (χ4v) is 0.828. The van der Waals surface area contributed by atoms with Gasteiger partial charge in [-0.1, -0.05) is 20.3 Å². The molecule has 1 unspecified atom stereocenters. The molecule has 0 spiro atoms. The quantitative estimate of drug-likeness (QED) is 0.404. The predicted octanol–water partition coefficient (Wildman–Crippen LogP) is -2.07. The van der Waals surface area contributed by atoms with E-state index in [1.807, 2.05) is 0 Å². The maximum atomic E-state index is 10.4. The zero-order valence-corrected chi connectivity index (χ0v) is 10.7. The summed E-state index contributed by atoms with van der Waals surface area (Å²) in [7, 11) is 0. The number of carbonyl (C=O) groups is 2. The SMILES string of the molecule is CCC(C)C(C(=O)O)C(=O)O.[H-].[K+]. The maximum Gasteiger partial charge on any atom is 1.00 e. The van der Waals surface area contributed by atoms with Crippen LogP contribution in [0.4, 0.5) is 0 Å². The number of hydrogen-bond acceptors (Lipinski definition) is 2. The Labute approximate surface area is 115 Å². The molecule has 0 saturated carbocycles. The van der Waals surface area contributed by atoms with Crippen molar-refractivity contribution >= 4 is 11.9 Å². The Morgan fingerprint density at radius 2 is 1.67 bits per heavy atom. The van der Waals surface area contributed by atoms with Gasteiger partial charge in [0.25, 0.3) is 0 Å². The van der Waals surface area contributed by atoms with E-state index in [0.717, 1.165) is 0 Å². The van der Waals surface area contributed by atoms with Gasteiger partial charge < -0.3 is 11.6 Å². The van der Waals surface area contributed by atoms with E-state index in [9.17, 15) is 9.59 Å². The van der Waals surface area contributed by atoms with E-state index >= 15 is 0 Å². The topological polar surface area (TPSA) is 74.6 Å². The molecule has 0 aromatic rings. The van der Waals surface area contributed by atoms with Gasteiger partial charge >= 0.3 is 63.3 Å². The van der Waals surface area contributed by atoms with Gasteiger partial charge in [0, 0.05) is 0 Å². The van der Waals surface area contributed by atoms with E-state index in [-0.39, 0.29) is 58.7 Å². The smallest absolute Gasteiger partial charge is 1.00 e. The minimum atomic E-state index is -1.26. The van der Waals surface area contributed by atoms with Crippen molar-refractivity contribution in [3.63, 3.8) is 0 Å². The third-order valence-electron chi connectivity index (χ3n) is 1.75. The summed E-state index contributed by atoms with van der Waals surface area (Å²) in [4.78, 5) is 20.7. The van der Waals surface area contributed by atoms with Crippen molar-refractivity contribution < 1.29 is 72.6 Å². The Morgan fingerprint density at radius 1 is 1.33 bits per heavy atom. The van der Waals surface area contributed by atoms with Crippen LogP contribution in [0.25, 0.3) is 0 Å². The van der Waals surface area contributed by atoms with Gasteiger partial charge in [-0.05, 0) is 5.92 Å². The number of rotatable bonds is 4. The second kappa shape index (κ2) is 7.03. The van der Waals surface area contributed by atoms with Crippen molar-refractivity contribution in [3.05, 3.63) is 0 Å². The molecule has 66 valence electrons. The fraction of sp³-hybridized carbons (Fsp3) is 0.714. The minimum absolute atomic E-state index is 0. The van der Waals surface area contributed by atoms with E-state index in [1.165, 1.54) is 0 Å². The summed E-state index contributed by atoms with van der Waals surface area (Å²) < 4.78 is 0. The Morgan fingerprint density at radius 3 is 1.75 bits per heavy atom. The van der Waals surface area contributed by atoms with Crippen molar-refractivity contribution in [3.8, 4) is 0 Å². The van der Waals surface area contributed by atoms with Gasteiger partial charge in [-0.15, -0.1) is 0 Å². The molecular formula is C7H13KO4. The molecule has 2 N–H and O–H groups in total. The Balaban J connectivity index is -0.000000500. The van der Waals surface area contributed by atoms with Crippen LogP contribution in [0.15, 0.2) is 0 Å². The summed E-state index contributed by atoms with van der Waals surface area (Å²) in [6.45, 7) is 3.39. The summed E-state index contributed by atoms with van der Waals surface area (Å²) in [5.74, 6) is -4.09. The standard InChI is InChI=1S/C7H12O4.K.H/c1-3-4(2)5(6(8)9)7(10)11;;/h4-5H,3H2,1-2H3,(H,8,9)(H,10,11);;/q;+1;-1. The number of carboxylic acids is 2. The van der Waals surface area contributed by atoms with Crippen LogP contribution in [0.2, 0.25) is 0 Å². The van der Waals surface area contributed by atoms with Crippen LogP contribution < -0.4 is 51.4 Å². The summed E-state index contributed by atoms with van der Waals surface area (Å²) in [6, 6.07) is 0. The minimum Gasteiger partial charge on any atom is -1.00 e. The average Bonchev–Trinajstić information content (AvgIpc) is 1.85. The molecule has 0 aliphatic rings. The van der Waals surface area contributed by atoms with Crippen molar-refractivity contribution in [1.29, 1.82) is 0 Å². The van der Waals surface area contributed by atoms with E-state index < -0.39 is 17.9 Å². The van der Waals surface area contributed by atoms with Gasteiger partial charge in [0.2, 0.25) is 0 Å². The third kappa shape index (κ3) is 4.56. The summed E-state index contributed by atoms with van der Waals surface area (Å²) in [5, 5.41) is 16.9. The second-order valence-electron chi connectivity index (χ2n) is 2.54. The molecule has 12 heavy (non-hydrogen) atoms. The molecule has 0 heterocycles. The molecule has 0 saturated heterocycles. The molecular weight excluding hydrogens is 187 g/mol. The number of carboxylic acid groups (broad SMARTS) is 2. The number of aliphatic carboxylic acids is 2. The van der Waals surface area contributed by atoms with Gasteiger partial charge in [-0.25, -0.2) is 0 Å². The Bertz CT molecular complexity index is 160. The van der Waals surface area contributed by atoms with Gasteiger partial charge in [0.05, 0.1) is 0 Å². The molecule has 5 heteroatoms. The van der Waals surface area contributed by atoms with Crippen LogP contribution >= 0.6 is 0 Å². The van der Waals surface area contributed by atoms with E-state index in [0.29, 0.717) is 6.42 Å². The van der Waals surface area contributed by atoms with Crippen molar-refractivity contribution in [2.75, 3.05) is 0 Å². The molecule has 0 bridgehead atoms. The zero-order chi connectivity index (χ0) is 9.02. The molecule has 0 rings (SSSR count). The molecule has 4 nitrogen and oxygen atoms in total. The first-order chi connectivity index (χ1) is 5.00. The largest absolute Gasteiger partial charge is 1.00 e. The van der Waals surface area contributed by atoms with E-state index in [2.05, 4.69) is 0 Å². The fourth-order valence-electron chi connectivity index (χ4n) is 0.828. The van der Waals surface area contributed by atoms with Crippen LogP contribution in [0.1, 0.15) is 21.7 Å². The molecule has 0 aliphatic carbocycles. The summed E-state index contributed by atoms with van der Waals surface area (Å²) in [6.07, 6.45) is 0.559. The monoisotopic (exact) mass is 200 g/mol. The van der Waals surface area contributed by atoms with Crippen LogP contribution in [-0.2, 0) is 9.59 Å². The summed E-state index contributed by atoms with van der Waals surface area (Å²) >= 11 is 0. The second-order valence-corrected chi connectivity index (χ2v) is 2.54. The van der Waals surface area contributed by atoms with E-state index in [4.69, 9.17) is 10.2 Å². The third-order valence-corrected chi connectivity index (χ3v) is 1.75. The van der Waals surface area contributed by atoms with Crippen molar-refractivity contribution in [2.24, 2.45) is 11.8 Å². The van der Waals surface area contributed by atoms with Crippen LogP contribution in [-0.4, -0.2) is 22.2 Å². The molecule has 0 fully saturated rings. The normalized spacial score (nSPS) is 11.9. The van der Waals surface area contributed by atoms with E-state index in [1.54, 1.807) is 13.8 Å². The van der Waals surface area contributed by atoms with Gasteiger partial charge in [-0.3, -0.25) is 9.59 Å². The maximum absolute atomic E-state index is 10.4. The van der Waals surface area contributed by atoms with Gasteiger partial charge in [0.15, 0.2) is 5.92 Å². The Kier molecular flexibility index (Phi) is 8.82. The first-order valence-corrected chi connectivity index (χ1v) is 3.46. The van der Waals surface area contributed by atoms with Crippen molar-refractivity contribution in [2.45, 2.75) is 20.3 Å². The van der Waals surface area contributed by atoms with Crippen LogP contribution in [0.3, 0.4) is 0 Å². The molecule has 0 aliphatic heterocycles. The average molecular weight is 200 g/mol. The predicted molar refractivity (Wildman–Crippen MR) is 39.3 cm³/mol. The van der Waals surface area contributed by atoms with Crippen LogP contribution in [0, 0.1) is 11.8 Å². The summed E-state index contributed by atoms with van der Waals surface area (Å²) in [5.41, 5.74) is 0. The zero-order valence-electron chi connectivity index (χ0n) is 8.57. The molecule has 1 atom stereocenters. The first kappa shape index (κ1) is 15.1. The van der Waals surface area contributed by atoms with Gasteiger partial charge in [0.1, 0.15) is 0 Å². The number of hydrogen-bond donors (Lipinski definition) is 2. The molecule has 0 radical (unpaired) electrons. The van der Waals surface area contributed by atoms with Crippen LogP contribution in [0.5, 0.6) is 0 Å². The Hall–Kier alpha value is 0.576. The first-order valence-electron chi connectivity index (χ1n) is 3.46.